The third-order valence-corrected chi connectivity index (χ3v) is 9.85. The monoisotopic (exact) mass is 753 g/mol. The summed E-state index contributed by atoms with van der Waals surface area (Å²) < 4.78 is 42.5. The number of H-pyrrole nitrogens is 1. The average molecular weight is 754 g/mol. The molecule has 2 aliphatic rings. The lowest BCUT2D eigenvalue weighted by atomic mass is 9.81. The summed E-state index contributed by atoms with van der Waals surface area (Å²) in [4.78, 5) is 39.9. The number of aromatic amines is 1. The minimum absolute atomic E-state index is 0. The van der Waals surface area contributed by atoms with Crippen molar-refractivity contribution >= 4 is 35.8 Å². The Kier molecular flexibility index (Phi) is 12.9. The minimum Gasteiger partial charge on any atom is -0.348 e. The first-order chi connectivity index (χ1) is 25.0. The van der Waals surface area contributed by atoms with Gasteiger partial charge in [0.25, 0.3) is 11.8 Å². The lowest BCUT2D eigenvalue weighted by molar-refractivity contribution is -0.130. The Hall–Kier alpha value is -4.86. The lowest BCUT2D eigenvalue weighted by Gasteiger charge is -2.30. The fraction of sp³-hybridized carbons (Fsp3) is 0.405. The number of nitrogens with two attached hydrogens (primary N) is 1. The van der Waals surface area contributed by atoms with E-state index in [9.17, 15) is 27.6 Å². The Morgan fingerprint density at radius 1 is 1.00 bits per heavy atom. The molecule has 2 fully saturated rings. The lowest BCUT2D eigenvalue weighted by Crippen LogP contribution is -2.53. The van der Waals surface area contributed by atoms with Crippen LogP contribution in [0.15, 0.2) is 60.7 Å². The highest BCUT2D eigenvalue weighted by Crippen LogP contribution is 2.30. The molecule has 1 aliphatic carbocycles. The SMILES string of the molecule is Cc1cc(C(=O)NC2CNCC(F)(F)C2)ccc1-c1ccc(C[C@H](NC(=O)C2CCC(CN)CC2)C(=O)Nc2ccc(-c3nn[nH]n3)c(F)c2)cc1.Cl. The van der Waals surface area contributed by atoms with Gasteiger partial charge in [0.2, 0.25) is 17.6 Å². The zero-order valence-corrected chi connectivity index (χ0v) is 29.9. The first kappa shape index (κ1) is 39.3. The van der Waals surface area contributed by atoms with E-state index in [0.717, 1.165) is 41.2 Å². The maximum Gasteiger partial charge on any atom is 0.262 e. The number of anilines is 1. The highest BCUT2D eigenvalue weighted by Gasteiger charge is 2.37. The second kappa shape index (κ2) is 17.3. The number of piperidine rings is 1. The Labute approximate surface area is 311 Å². The van der Waals surface area contributed by atoms with Crippen LogP contribution in [0, 0.1) is 24.6 Å². The Morgan fingerprint density at radius 3 is 2.38 bits per heavy atom. The summed E-state index contributed by atoms with van der Waals surface area (Å²) in [6.45, 7) is 2.33. The van der Waals surface area contributed by atoms with Crippen LogP contribution in [-0.2, 0) is 16.0 Å². The van der Waals surface area contributed by atoms with Gasteiger partial charge < -0.3 is 27.0 Å². The molecule has 282 valence electrons. The summed E-state index contributed by atoms with van der Waals surface area (Å²) in [6, 6.07) is 15.2. The van der Waals surface area contributed by atoms with Gasteiger partial charge in [-0.2, -0.15) is 5.21 Å². The molecule has 1 unspecified atom stereocenters. The number of amides is 3. The van der Waals surface area contributed by atoms with Gasteiger partial charge in [0, 0.05) is 42.6 Å². The smallest absolute Gasteiger partial charge is 0.262 e. The molecule has 3 amide bonds. The van der Waals surface area contributed by atoms with Crippen LogP contribution in [0.25, 0.3) is 22.5 Å². The molecule has 0 radical (unpaired) electrons. The molecule has 1 aromatic heterocycles. The number of aryl methyl sites for hydroxylation is 1. The van der Waals surface area contributed by atoms with Crippen LogP contribution in [0.2, 0.25) is 0 Å². The minimum atomic E-state index is -2.87. The molecule has 3 aromatic carbocycles. The molecule has 0 spiro atoms. The molecule has 1 saturated heterocycles. The second-order valence-electron chi connectivity index (χ2n) is 13.7. The van der Waals surface area contributed by atoms with Gasteiger partial charge in [-0.3, -0.25) is 14.4 Å². The van der Waals surface area contributed by atoms with E-state index in [-0.39, 0.29) is 54.3 Å². The quantitative estimate of drug-likeness (QED) is 0.129. The van der Waals surface area contributed by atoms with Crippen LogP contribution >= 0.6 is 12.4 Å². The number of hydrogen-bond acceptors (Lipinski definition) is 8. The van der Waals surface area contributed by atoms with Crippen molar-refractivity contribution in [3.63, 3.8) is 0 Å². The van der Waals surface area contributed by atoms with Gasteiger partial charge >= 0.3 is 0 Å². The fourth-order valence-electron chi connectivity index (χ4n) is 6.93. The van der Waals surface area contributed by atoms with Crippen LogP contribution < -0.4 is 27.0 Å². The van der Waals surface area contributed by atoms with Gasteiger partial charge in [0.15, 0.2) is 0 Å². The normalized spacial score (nSPS) is 20.1. The number of carbonyl (C=O) groups excluding carboxylic acids is 3. The van der Waals surface area contributed by atoms with Crippen LogP contribution in [0.5, 0.6) is 0 Å². The van der Waals surface area contributed by atoms with Gasteiger partial charge in [-0.15, -0.1) is 22.6 Å². The fourth-order valence-corrected chi connectivity index (χ4v) is 6.93. The number of hydrogen-bond donors (Lipinski definition) is 6. The van der Waals surface area contributed by atoms with Crippen molar-refractivity contribution in [1.82, 2.24) is 36.6 Å². The third-order valence-electron chi connectivity index (χ3n) is 9.85. The van der Waals surface area contributed by atoms with Crippen molar-refractivity contribution in [2.75, 3.05) is 25.0 Å². The number of nitrogens with zero attached hydrogens (tertiary/aromatic N) is 3. The number of tetrazole rings is 1. The summed E-state index contributed by atoms with van der Waals surface area (Å²) in [5.41, 5.74) is 9.86. The van der Waals surface area contributed by atoms with Crippen molar-refractivity contribution < 1.29 is 27.6 Å². The summed E-state index contributed by atoms with van der Waals surface area (Å²) in [7, 11) is 0. The Bertz CT molecular complexity index is 1890. The zero-order chi connectivity index (χ0) is 36.8. The molecule has 4 aromatic rings. The highest BCUT2D eigenvalue weighted by atomic mass is 35.5. The first-order valence-corrected chi connectivity index (χ1v) is 17.4. The van der Waals surface area contributed by atoms with Crippen molar-refractivity contribution in [3.8, 4) is 22.5 Å². The van der Waals surface area contributed by atoms with E-state index in [0.29, 0.717) is 30.9 Å². The standard InChI is InChI=1S/C37H42F3N9O3.ClH/c1-21-14-26(35(51)44-28-17-37(39,40)20-42-19-28)10-12-29(21)24-6-2-22(3-7-24)15-32(45-34(50)25-8-4-23(18-41)5-9-25)36(52)43-27-11-13-30(31(38)16-27)33-46-48-49-47-33;/h2-3,6-7,10-14,16,23,25,28,32,42H,4-5,8-9,15,17-20,41H2,1H3,(H,43,52)(H,44,51)(H,45,50)(H,46,47,48,49);1H/t23?,25?,28?,32-;/m0./s1. The van der Waals surface area contributed by atoms with Crippen LogP contribution in [0.3, 0.4) is 0 Å². The number of alkyl halides is 2. The Morgan fingerprint density at radius 2 is 1.74 bits per heavy atom. The molecule has 2 atom stereocenters. The zero-order valence-electron chi connectivity index (χ0n) is 29.1. The van der Waals surface area contributed by atoms with Crippen molar-refractivity contribution in [3.05, 3.63) is 83.2 Å². The summed E-state index contributed by atoms with van der Waals surface area (Å²) >= 11 is 0. The molecular formula is C37H43ClF3N9O3. The van der Waals surface area contributed by atoms with Gasteiger partial charge in [-0.1, -0.05) is 30.3 Å². The largest absolute Gasteiger partial charge is 0.348 e. The van der Waals surface area contributed by atoms with Crippen LogP contribution in [0.1, 0.15) is 53.6 Å². The van der Waals surface area contributed by atoms with Gasteiger partial charge in [0.1, 0.15) is 11.9 Å². The summed E-state index contributed by atoms with van der Waals surface area (Å²) in [5.74, 6) is -4.42. The second-order valence-corrected chi connectivity index (χ2v) is 13.7. The summed E-state index contributed by atoms with van der Waals surface area (Å²) in [6.07, 6.45) is 2.83. The predicted octanol–water partition coefficient (Wildman–Crippen LogP) is 4.56. The number of nitrogens with one attached hydrogen (secondary N) is 5. The number of halogens is 4. The van der Waals surface area contributed by atoms with Crippen LogP contribution in [0.4, 0.5) is 18.9 Å². The van der Waals surface area contributed by atoms with E-state index < -0.39 is 48.6 Å². The topological polar surface area (TPSA) is 180 Å². The van der Waals surface area contributed by atoms with E-state index in [4.69, 9.17) is 5.73 Å². The number of aromatic nitrogens is 4. The molecular weight excluding hydrogens is 711 g/mol. The van der Waals surface area contributed by atoms with Crippen molar-refractivity contribution in [2.24, 2.45) is 17.6 Å². The number of rotatable bonds is 11. The molecule has 7 N–H and O–H groups in total. The van der Waals surface area contributed by atoms with E-state index >= 15 is 0 Å². The number of benzene rings is 3. The molecule has 16 heteroatoms. The molecule has 53 heavy (non-hydrogen) atoms. The molecule has 1 saturated carbocycles. The van der Waals surface area contributed by atoms with E-state index in [1.807, 2.05) is 37.3 Å². The number of carbonyl (C=O) groups is 3. The molecule has 12 nitrogen and oxygen atoms in total. The van der Waals surface area contributed by atoms with Crippen molar-refractivity contribution in [1.29, 1.82) is 0 Å². The first-order valence-electron chi connectivity index (χ1n) is 17.4. The van der Waals surface area contributed by atoms with Crippen LogP contribution in [-0.4, -0.2) is 76.0 Å². The summed E-state index contributed by atoms with van der Waals surface area (Å²) in [5, 5.41) is 24.4. The molecule has 0 bridgehead atoms. The maximum absolute atomic E-state index is 14.9. The predicted molar refractivity (Wildman–Crippen MR) is 196 cm³/mol. The third kappa shape index (κ3) is 9.97. The highest BCUT2D eigenvalue weighted by molar-refractivity contribution is 5.98. The average Bonchev–Trinajstić information content (AvgIpc) is 3.66. The molecule has 2 heterocycles. The van der Waals surface area contributed by atoms with Gasteiger partial charge in [-0.05, 0) is 103 Å². The van der Waals surface area contributed by atoms with Gasteiger partial charge in [0.05, 0.1) is 12.1 Å². The molecule has 6 rings (SSSR count). The van der Waals surface area contributed by atoms with E-state index in [2.05, 4.69) is 41.9 Å². The van der Waals surface area contributed by atoms with E-state index in [1.165, 1.54) is 12.1 Å². The Balaban J connectivity index is 0.00000541. The molecule has 1 aliphatic heterocycles. The van der Waals surface area contributed by atoms with E-state index in [1.54, 1.807) is 12.1 Å². The maximum atomic E-state index is 14.9. The van der Waals surface area contributed by atoms with Crippen molar-refractivity contribution in [2.45, 2.75) is 63.5 Å². The van der Waals surface area contributed by atoms with Gasteiger partial charge in [-0.25, -0.2) is 13.2 Å².